The number of aromatic nitrogens is 2. The molecule has 0 spiro atoms. The average molecular weight is 455 g/mol. The van der Waals surface area contributed by atoms with Crippen LogP contribution in [-0.2, 0) is 16.1 Å². The van der Waals surface area contributed by atoms with E-state index < -0.39 is 0 Å². The van der Waals surface area contributed by atoms with E-state index in [9.17, 15) is 9.59 Å². The van der Waals surface area contributed by atoms with E-state index in [1.54, 1.807) is 33.1 Å². The molecule has 1 saturated heterocycles. The smallest absolute Gasteiger partial charge is 0.257 e. The number of ether oxygens (including phenoxy) is 2. The molecule has 0 radical (unpaired) electrons. The molecule has 0 unspecified atom stereocenters. The molecule has 0 N–H and O–H groups in total. The van der Waals surface area contributed by atoms with Crippen LogP contribution in [0.4, 0.5) is 0 Å². The minimum absolute atomic E-state index is 0.00249. The number of carbonyl (C=O) groups is 2. The molecular weight excluding hydrogens is 420 g/mol. The normalized spacial score (nSPS) is 23.0. The minimum Gasteiger partial charge on any atom is -0.485 e. The van der Waals surface area contributed by atoms with Crippen LogP contribution in [0.25, 0.3) is 0 Å². The molecule has 1 aromatic heterocycles. The maximum Gasteiger partial charge on any atom is 0.257 e. The zero-order valence-electron chi connectivity index (χ0n) is 19.4. The van der Waals surface area contributed by atoms with Crippen molar-refractivity contribution < 1.29 is 19.1 Å². The maximum atomic E-state index is 13.1. The molecule has 2 atom stereocenters. The number of carbonyl (C=O) groups excluding carboxylic acids is 2. The number of rotatable bonds is 2. The molecule has 8 heteroatoms. The van der Waals surface area contributed by atoms with Gasteiger partial charge in [0.05, 0.1) is 25.0 Å². The molecule has 3 heterocycles. The number of hydrogen-bond acceptors (Lipinski definition) is 5. The fourth-order valence-electron chi connectivity index (χ4n) is 4.47. The van der Waals surface area contributed by atoms with Crippen LogP contribution in [0.2, 0.25) is 0 Å². The zero-order chi connectivity index (χ0) is 23.0. The summed E-state index contributed by atoms with van der Waals surface area (Å²) in [5.74, 6) is 0.507. The van der Waals surface area contributed by atoms with Crippen LogP contribution in [0, 0.1) is 0 Å². The van der Waals surface area contributed by atoms with Crippen LogP contribution >= 0.6 is 0 Å². The van der Waals surface area contributed by atoms with Crippen LogP contribution < -0.4 is 4.74 Å². The number of amides is 2. The van der Waals surface area contributed by atoms with Crippen molar-refractivity contribution in [2.45, 2.75) is 57.3 Å². The van der Waals surface area contributed by atoms with Gasteiger partial charge in [0.25, 0.3) is 5.91 Å². The highest BCUT2D eigenvalue weighted by Gasteiger charge is 2.38. The van der Waals surface area contributed by atoms with Gasteiger partial charge in [-0.15, -0.1) is 0 Å². The first kappa shape index (κ1) is 23.3. The third-order valence-corrected chi connectivity index (χ3v) is 6.41. The van der Waals surface area contributed by atoms with Crippen molar-refractivity contribution >= 4 is 11.8 Å². The number of imidazole rings is 1. The predicted molar refractivity (Wildman–Crippen MR) is 124 cm³/mol. The molecule has 2 aliphatic rings. The lowest BCUT2D eigenvalue weighted by molar-refractivity contribution is -0.131. The monoisotopic (exact) mass is 454 g/mol. The number of benzene rings is 1. The van der Waals surface area contributed by atoms with E-state index in [0.29, 0.717) is 31.0 Å². The molecule has 2 aliphatic heterocycles. The summed E-state index contributed by atoms with van der Waals surface area (Å²) in [5.41, 5.74) is 0.550. The topological polar surface area (TPSA) is 76.9 Å². The van der Waals surface area contributed by atoms with Crippen molar-refractivity contribution in [2.75, 3.05) is 33.3 Å². The number of hydrogen-bond donors (Lipinski definition) is 0. The number of likely N-dealkylation sites (tertiary alicyclic amines) is 1. The molecular formula is C25H34N4O4. The molecule has 2 aromatic rings. The summed E-state index contributed by atoms with van der Waals surface area (Å²) in [7, 11) is 1.85. The Labute approximate surface area is 195 Å². The maximum absolute atomic E-state index is 13.1. The van der Waals surface area contributed by atoms with Crippen molar-refractivity contribution in [1.29, 1.82) is 0 Å². The van der Waals surface area contributed by atoms with E-state index in [4.69, 9.17) is 9.47 Å². The lowest BCUT2D eigenvalue weighted by atomic mass is 10.1. The summed E-state index contributed by atoms with van der Waals surface area (Å²) in [4.78, 5) is 33.6. The highest BCUT2D eigenvalue weighted by Crippen LogP contribution is 2.26. The van der Waals surface area contributed by atoms with E-state index in [1.165, 1.54) is 12.8 Å². The van der Waals surface area contributed by atoms with Crippen LogP contribution in [-0.4, -0.2) is 76.7 Å². The molecule has 1 aromatic carbocycles. The first-order valence-corrected chi connectivity index (χ1v) is 12.0. The Morgan fingerprint density at radius 2 is 1.82 bits per heavy atom. The number of nitrogens with zero attached hydrogens (tertiary/aromatic N) is 4. The van der Waals surface area contributed by atoms with E-state index in [-0.39, 0.29) is 30.6 Å². The van der Waals surface area contributed by atoms with E-state index in [2.05, 4.69) is 4.98 Å². The second-order valence-corrected chi connectivity index (χ2v) is 8.94. The summed E-state index contributed by atoms with van der Waals surface area (Å²) >= 11 is 0. The molecule has 0 bridgehead atoms. The van der Waals surface area contributed by atoms with Crippen LogP contribution in [0.15, 0.2) is 43.0 Å². The third kappa shape index (κ3) is 6.13. The van der Waals surface area contributed by atoms with Crippen molar-refractivity contribution in [3.63, 3.8) is 0 Å². The first-order chi connectivity index (χ1) is 16.1. The minimum atomic E-state index is -0.330. The molecule has 2 amide bonds. The average Bonchev–Trinajstić information content (AvgIpc) is 3.47. The Morgan fingerprint density at radius 1 is 1.06 bits per heavy atom. The van der Waals surface area contributed by atoms with Crippen molar-refractivity contribution in [1.82, 2.24) is 19.4 Å². The van der Waals surface area contributed by atoms with E-state index >= 15 is 0 Å². The highest BCUT2D eigenvalue weighted by atomic mass is 16.5. The SMILES string of the molecule is CN1CCCCCCCCO[C@@H]2CN(C(=O)Cn3ccnc3)C[C@H]2Oc2ccccc2C1=O. The Hall–Kier alpha value is -2.87. The Morgan fingerprint density at radius 3 is 2.64 bits per heavy atom. The fourth-order valence-corrected chi connectivity index (χ4v) is 4.47. The van der Waals surface area contributed by atoms with Gasteiger partial charge in [-0.3, -0.25) is 9.59 Å². The van der Waals surface area contributed by atoms with E-state index in [1.807, 2.05) is 31.3 Å². The van der Waals surface area contributed by atoms with Crippen LogP contribution in [0.5, 0.6) is 5.75 Å². The highest BCUT2D eigenvalue weighted by molar-refractivity contribution is 5.96. The predicted octanol–water partition coefficient (Wildman–Crippen LogP) is 2.98. The lowest BCUT2D eigenvalue weighted by Crippen LogP contribution is -2.34. The van der Waals surface area contributed by atoms with Crippen molar-refractivity contribution in [3.8, 4) is 5.75 Å². The zero-order valence-corrected chi connectivity index (χ0v) is 19.4. The van der Waals surface area contributed by atoms with Crippen LogP contribution in [0.1, 0.15) is 48.9 Å². The molecule has 8 nitrogen and oxygen atoms in total. The molecule has 178 valence electrons. The summed E-state index contributed by atoms with van der Waals surface area (Å²) in [6.45, 7) is 2.53. The molecule has 4 rings (SSSR count). The summed E-state index contributed by atoms with van der Waals surface area (Å²) < 4.78 is 14.3. The quantitative estimate of drug-likeness (QED) is 0.697. The van der Waals surface area contributed by atoms with Gasteiger partial charge in [0.1, 0.15) is 24.5 Å². The van der Waals surface area contributed by atoms with Crippen molar-refractivity contribution in [3.05, 3.63) is 48.5 Å². The standard InChI is InChI=1S/C25H34N4O4/c1-27-13-8-4-2-3-5-9-15-32-22-16-29(24(30)18-28-14-12-26-19-28)17-23(22)33-21-11-7-6-10-20(21)25(27)31/h6-7,10-12,14,19,22-23H,2-5,8-9,13,15-18H2,1H3/t22-,23-/m1/s1. The van der Waals surface area contributed by atoms with Gasteiger partial charge in [-0.1, -0.05) is 37.8 Å². The molecule has 0 aliphatic carbocycles. The molecule has 0 saturated carbocycles. The largest absolute Gasteiger partial charge is 0.485 e. The fraction of sp³-hybridized carbons (Fsp3) is 0.560. The van der Waals surface area contributed by atoms with Gasteiger partial charge in [0.2, 0.25) is 5.91 Å². The second-order valence-electron chi connectivity index (χ2n) is 8.94. The molecule has 33 heavy (non-hydrogen) atoms. The lowest BCUT2D eigenvalue weighted by Gasteiger charge is -2.24. The van der Waals surface area contributed by atoms with Gasteiger partial charge in [-0.2, -0.15) is 0 Å². The second kappa shape index (κ2) is 11.3. The third-order valence-electron chi connectivity index (χ3n) is 6.41. The Kier molecular flexibility index (Phi) is 7.99. The number of fused-ring (bicyclic) bond motifs is 2. The van der Waals surface area contributed by atoms with E-state index in [0.717, 1.165) is 32.2 Å². The van der Waals surface area contributed by atoms with Gasteiger partial charge >= 0.3 is 0 Å². The Bertz CT molecular complexity index is 917. The summed E-state index contributed by atoms with van der Waals surface area (Å²) in [6, 6.07) is 7.37. The van der Waals surface area contributed by atoms with Gasteiger partial charge < -0.3 is 23.8 Å². The first-order valence-electron chi connectivity index (χ1n) is 12.0. The van der Waals surface area contributed by atoms with Crippen molar-refractivity contribution in [2.24, 2.45) is 0 Å². The summed E-state index contributed by atoms with van der Waals surface area (Å²) in [5, 5.41) is 0. The van der Waals surface area contributed by atoms with Gasteiger partial charge in [0.15, 0.2) is 0 Å². The number of para-hydroxylation sites is 1. The van der Waals surface area contributed by atoms with Gasteiger partial charge in [-0.25, -0.2) is 4.98 Å². The molecule has 1 fully saturated rings. The Balaban J connectivity index is 1.52. The van der Waals surface area contributed by atoms with Crippen LogP contribution in [0.3, 0.4) is 0 Å². The summed E-state index contributed by atoms with van der Waals surface area (Å²) in [6.07, 6.45) is 11.1. The van der Waals surface area contributed by atoms with Gasteiger partial charge in [0, 0.05) is 32.6 Å². The van der Waals surface area contributed by atoms with Gasteiger partial charge in [-0.05, 0) is 25.0 Å².